The number of aliphatic hydroxyl groups excluding tert-OH is 1. The van der Waals surface area contributed by atoms with Gasteiger partial charge in [0, 0.05) is 44.8 Å². The monoisotopic (exact) mass is 565 g/mol. The highest BCUT2D eigenvalue weighted by Gasteiger charge is 2.18. The molecule has 42 heavy (non-hydrogen) atoms. The second kappa shape index (κ2) is 13.9. The third kappa shape index (κ3) is 7.38. The standard InChI is InChI=1S/C33H35N5O4/c1-42-29-11-9-24(10-12-29)22-34-36-33(41)30-20-26-6-2-3-7-27(26)21-31(30)35-32(40)28-8-4-5-25(19-28)23-38-15-13-37(14-16-38)17-18-39/h2-12,19-22,39H,13-18,23H2,1H3,(H,35,40)(H,36,41). The Hall–Kier alpha value is -4.57. The summed E-state index contributed by atoms with van der Waals surface area (Å²) < 4.78 is 5.17. The molecular weight excluding hydrogens is 530 g/mol. The molecule has 1 aliphatic rings. The molecule has 1 saturated heterocycles. The summed E-state index contributed by atoms with van der Waals surface area (Å²) in [5, 5.41) is 18.0. The number of nitrogens with one attached hydrogen (secondary N) is 2. The Balaban J connectivity index is 1.30. The molecule has 4 aromatic rings. The van der Waals surface area contributed by atoms with E-state index in [-0.39, 0.29) is 12.5 Å². The summed E-state index contributed by atoms with van der Waals surface area (Å²) in [4.78, 5) is 31.2. The maximum Gasteiger partial charge on any atom is 0.273 e. The minimum Gasteiger partial charge on any atom is -0.497 e. The second-order valence-corrected chi connectivity index (χ2v) is 10.2. The number of β-amino-alcohol motifs (C(OH)–C–C–N with tert-alkyl or cyclic N) is 1. The predicted molar refractivity (Wildman–Crippen MR) is 165 cm³/mol. The number of nitrogens with zero attached hydrogens (tertiary/aromatic N) is 3. The highest BCUT2D eigenvalue weighted by Crippen LogP contribution is 2.25. The average molecular weight is 566 g/mol. The van der Waals surface area contributed by atoms with Gasteiger partial charge in [-0.15, -0.1) is 0 Å². The van der Waals surface area contributed by atoms with Gasteiger partial charge in [0.05, 0.1) is 31.2 Å². The number of aliphatic hydroxyl groups is 1. The largest absolute Gasteiger partial charge is 0.497 e. The number of piperazine rings is 1. The van der Waals surface area contributed by atoms with Crippen LogP contribution in [-0.4, -0.2) is 79.4 Å². The molecule has 5 rings (SSSR count). The van der Waals surface area contributed by atoms with Crippen molar-refractivity contribution >= 4 is 34.5 Å². The lowest BCUT2D eigenvalue weighted by atomic mass is 10.0. The van der Waals surface area contributed by atoms with Gasteiger partial charge in [-0.3, -0.25) is 19.4 Å². The van der Waals surface area contributed by atoms with E-state index in [9.17, 15) is 14.7 Å². The minimum absolute atomic E-state index is 0.175. The van der Waals surface area contributed by atoms with Gasteiger partial charge in [-0.2, -0.15) is 5.10 Å². The molecule has 0 radical (unpaired) electrons. The minimum atomic E-state index is -0.435. The number of anilines is 1. The zero-order valence-electron chi connectivity index (χ0n) is 23.6. The quantitative estimate of drug-likeness (QED) is 0.199. The van der Waals surface area contributed by atoms with Crippen LogP contribution in [0, 0.1) is 0 Å². The molecule has 0 aromatic heterocycles. The van der Waals surface area contributed by atoms with Gasteiger partial charge in [0.2, 0.25) is 0 Å². The molecule has 9 heteroatoms. The molecule has 3 N–H and O–H groups in total. The van der Waals surface area contributed by atoms with Gasteiger partial charge in [0.25, 0.3) is 11.8 Å². The van der Waals surface area contributed by atoms with Crippen LogP contribution in [0.4, 0.5) is 5.69 Å². The van der Waals surface area contributed by atoms with Crippen LogP contribution in [0.5, 0.6) is 5.75 Å². The molecule has 0 atom stereocenters. The summed E-state index contributed by atoms with van der Waals surface area (Å²) in [6.07, 6.45) is 1.55. The van der Waals surface area contributed by atoms with Crippen molar-refractivity contribution in [1.29, 1.82) is 0 Å². The second-order valence-electron chi connectivity index (χ2n) is 10.2. The molecule has 0 spiro atoms. The smallest absolute Gasteiger partial charge is 0.273 e. The van der Waals surface area contributed by atoms with Crippen LogP contribution in [-0.2, 0) is 6.54 Å². The van der Waals surface area contributed by atoms with Crippen molar-refractivity contribution in [1.82, 2.24) is 15.2 Å². The van der Waals surface area contributed by atoms with E-state index in [0.29, 0.717) is 23.4 Å². The molecule has 9 nitrogen and oxygen atoms in total. The fourth-order valence-corrected chi connectivity index (χ4v) is 5.02. The number of hydrogen-bond acceptors (Lipinski definition) is 7. The van der Waals surface area contributed by atoms with E-state index in [1.165, 1.54) is 0 Å². The number of ether oxygens (including phenoxy) is 1. The number of carbonyl (C=O) groups is 2. The summed E-state index contributed by atoms with van der Waals surface area (Å²) in [5.41, 5.74) is 5.66. The van der Waals surface area contributed by atoms with Gasteiger partial charge in [0.1, 0.15) is 5.75 Å². The third-order valence-electron chi connectivity index (χ3n) is 7.35. The molecule has 1 fully saturated rings. The Morgan fingerprint density at radius 3 is 2.31 bits per heavy atom. The summed E-state index contributed by atoms with van der Waals surface area (Å²) >= 11 is 0. The lowest BCUT2D eigenvalue weighted by Gasteiger charge is -2.34. The number of carbonyl (C=O) groups excluding carboxylic acids is 2. The van der Waals surface area contributed by atoms with Gasteiger partial charge < -0.3 is 15.2 Å². The average Bonchev–Trinajstić information content (AvgIpc) is 3.02. The fourth-order valence-electron chi connectivity index (χ4n) is 5.02. The third-order valence-corrected chi connectivity index (χ3v) is 7.35. The van der Waals surface area contributed by atoms with Crippen molar-refractivity contribution in [3.63, 3.8) is 0 Å². The molecule has 0 aliphatic carbocycles. The summed E-state index contributed by atoms with van der Waals surface area (Å²) in [7, 11) is 1.60. The number of hydrazone groups is 1. The summed E-state index contributed by atoms with van der Waals surface area (Å²) in [6.45, 7) is 5.26. The first-order chi connectivity index (χ1) is 20.5. The number of rotatable bonds is 10. The van der Waals surface area contributed by atoms with Gasteiger partial charge in [-0.05, 0) is 70.4 Å². The zero-order chi connectivity index (χ0) is 29.3. The van der Waals surface area contributed by atoms with Crippen molar-refractivity contribution < 1.29 is 19.4 Å². The molecule has 0 saturated carbocycles. The van der Waals surface area contributed by atoms with E-state index in [0.717, 1.165) is 60.4 Å². The predicted octanol–water partition coefficient (Wildman–Crippen LogP) is 3.97. The topological polar surface area (TPSA) is 106 Å². The van der Waals surface area contributed by atoms with Crippen molar-refractivity contribution in [3.8, 4) is 5.75 Å². The Kier molecular flexibility index (Phi) is 9.55. The molecule has 1 heterocycles. The molecule has 0 bridgehead atoms. The maximum absolute atomic E-state index is 13.4. The number of amides is 2. The Labute approximate surface area is 245 Å². The van der Waals surface area contributed by atoms with Crippen molar-refractivity contribution in [3.05, 3.63) is 107 Å². The van der Waals surface area contributed by atoms with Crippen LogP contribution in [0.2, 0.25) is 0 Å². The van der Waals surface area contributed by atoms with Crippen molar-refractivity contribution in [2.45, 2.75) is 6.54 Å². The van der Waals surface area contributed by atoms with E-state index in [1.54, 1.807) is 25.5 Å². The Morgan fingerprint density at radius 2 is 1.60 bits per heavy atom. The number of benzene rings is 4. The van der Waals surface area contributed by atoms with E-state index in [2.05, 4.69) is 25.6 Å². The SMILES string of the molecule is COc1ccc(C=NNC(=O)c2cc3ccccc3cc2NC(=O)c2cccc(CN3CCN(CCO)CC3)c2)cc1. The lowest BCUT2D eigenvalue weighted by Crippen LogP contribution is -2.46. The van der Waals surface area contributed by atoms with Crippen LogP contribution in [0.3, 0.4) is 0 Å². The van der Waals surface area contributed by atoms with Gasteiger partial charge >= 0.3 is 0 Å². The lowest BCUT2D eigenvalue weighted by molar-refractivity contribution is 0.0956. The van der Waals surface area contributed by atoms with Crippen LogP contribution >= 0.6 is 0 Å². The molecule has 1 aliphatic heterocycles. The van der Waals surface area contributed by atoms with Crippen LogP contribution in [0.25, 0.3) is 10.8 Å². The van der Waals surface area contributed by atoms with Crippen molar-refractivity contribution in [2.75, 3.05) is 51.8 Å². The zero-order valence-corrected chi connectivity index (χ0v) is 23.6. The van der Waals surface area contributed by atoms with E-state index < -0.39 is 5.91 Å². The normalized spacial score (nSPS) is 14.2. The number of methoxy groups -OCH3 is 1. The van der Waals surface area contributed by atoms with Crippen LogP contribution in [0.15, 0.2) is 90.0 Å². The van der Waals surface area contributed by atoms with Crippen LogP contribution < -0.4 is 15.5 Å². The summed E-state index contributed by atoms with van der Waals surface area (Å²) in [6, 6.07) is 26.1. The van der Waals surface area contributed by atoms with Gasteiger partial charge in [0.15, 0.2) is 0 Å². The van der Waals surface area contributed by atoms with Gasteiger partial charge in [-0.25, -0.2) is 5.43 Å². The molecule has 0 unspecified atom stereocenters. The van der Waals surface area contributed by atoms with E-state index in [1.807, 2.05) is 72.8 Å². The van der Waals surface area contributed by atoms with E-state index in [4.69, 9.17) is 4.74 Å². The first-order valence-corrected chi connectivity index (χ1v) is 14.0. The first kappa shape index (κ1) is 28.9. The number of fused-ring (bicyclic) bond motifs is 1. The maximum atomic E-state index is 13.4. The highest BCUT2D eigenvalue weighted by molar-refractivity contribution is 6.11. The molecule has 4 aromatic carbocycles. The summed E-state index contributed by atoms with van der Waals surface area (Å²) in [5.74, 6) is 0.000865. The van der Waals surface area contributed by atoms with Crippen molar-refractivity contribution in [2.24, 2.45) is 5.10 Å². The number of hydrogen-bond donors (Lipinski definition) is 3. The Morgan fingerprint density at radius 1 is 0.881 bits per heavy atom. The first-order valence-electron chi connectivity index (χ1n) is 14.0. The molecular formula is C33H35N5O4. The van der Waals surface area contributed by atoms with E-state index >= 15 is 0 Å². The van der Waals surface area contributed by atoms with Gasteiger partial charge in [-0.1, -0.05) is 36.4 Å². The highest BCUT2D eigenvalue weighted by atomic mass is 16.5. The Bertz CT molecular complexity index is 1560. The van der Waals surface area contributed by atoms with Crippen LogP contribution in [0.1, 0.15) is 31.8 Å². The fraction of sp³-hybridized carbons (Fsp3) is 0.242. The molecule has 2 amide bonds. The molecule has 216 valence electrons.